The molecule has 0 bridgehead atoms. The summed E-state index contributed by atoms with van der Waals surface area (Å²) in [7, 11) is 1.22. The lowest BCUT2D eigenvalue weighted by atomic mass is 9.98. The number of hydrogen-bond acceptors (Lipinski definition) is 6. The quantitative estimate of drug-likeness (QED) is 0.472. The van der Waals surface area contributed by atoms with Crippen LogP contribution in [0.4, 0.5) is 11.4 Å². The average Bonchev–Trinajstić information content (AvgIpc) is 3.20. The highest BCUT2D eigenvalue weighted by molar-refractivity contribution is 9.10. The van der Waals surface area contributed by atoms with Crippen molar-refractivity contribution in [2.24, 2.45) is 11.0 Å². The normalized spacial score (nSPS) is 21.0. The molecule has 2 aliphatic heterocycles. The van der Waals surface area contributed by atoms with Crippen LogP contribution in [0.5, 0.6) is 0 Å². The Morgan fingerprint density at radius 2 is 1.46 bits per heavy atom. The van der Waals surface area contributed by atoms with Crippen molar-refractivity contribution in [3.63, 3.8) is 0 Å². The summed E-state index contributed by atoms with van der Waals surface area (Å²) < 4.78 is 6.47. The summed E-state index contributed by atoms with van der Waals surface area (Å²) in [4.78, 5) is 39.7. The first kappa shape index (κ1) is 18.8. The molecule has 1 saturated heterocycles. The standard InChI is InChI=1S/C19H13Br2N3O4/c1-28-19(27)15-14-16(24(22-15)13-8-4-11(21)5-9-13)18(26)23(17(14)25)12-6-2-10(20)3-7-12/h2-9,14,16H,1H3/t14-,16+/m0/s1. The van der Waals surface area contributed by atoms with Gasteiger partial charge < -0.3 is 4.74 Å². The van der Waals surface area contributed by atoms with E-state index in [2.05, 4.69) is 37.0 Å². The number of rotatable bonds is 3. The number of carbonyl (C=O) groups excluding carboxylic acids is 3. The van der Waals surface area contributed by atoms with Gasteiger partial charge in [0.2, 0.25) is 5.91 Å². The van der Waals surface area contributed by atoms with E-state index < -0.39 is 29.7 Å². The van der Waals surface area contributed by atoms with Crippen molar-refractivity contribution in [2.75, 3.05) is 17.0 Å². The number of halogens is 2. The molecule has 2 amide bonds. The SMILES string of the molecule is COC(=O)C1=NN(c2ccc(Br)cc2)[C@H]2C(=O)N(c3ccc(Br)cc3)C(=O)[C@@H]12. The second-order valence-corrected chi connectivity index (χ2v) is 8.04. The minimum Gasteiger partial charge on any atom is -0.464 e. The fourth-order valence-corrected chi connectivity index (χ4v) is 3.87. The molecule has 0 aromatic heterocycles. The number of hydrazone groups is 1. The van der Waals surface area contributed by atoms with Crippen molar-refractivity contribution < 1.29 is 19.1 Å². The summed E-state index contributed by atoms with van der Waals surface area (Å²) in [5, 5.41) is 5.69. The molecule has 28 heavy (non-hydrogen) atoms. The maximum absolute atomic E-state index is 13.2. The molecule has 0 spiro atoms. The van der Waals surface area contributed by atoms with Crippen LogP contribution in [0, 0.1) is 5.92 Å². The zero-order valence-electron chi connectivity index (χ0n) is 14.5. The number of benzene rings is 2. The minimum atomic E-state index is -1.02. The number of imide groups is 1. The Labute approximate surface area is 177 Å². The Hall–Kier alpha value is -2.52. The molecule has 0 unspecified atom stereocenters. The van der Waals surface area contributed by atoms with E-state index >= 15 is 0 Å². The highest BCUT2D eigenvalue weighted by Crippen LogP contribution is 2.38. The van der Waals surface area contributed by atoms with Crippen molar-refractivity contribution in [1.82, 2.24) is 0 Å². The van der Waals surface area contributed by atoms with Crippen LogP contribution in [0.2, 0.25) is 0 Å². The first-order valence-corrected chi connectivity index (χ1v) is 9.86. The van der Waals surface area contributed by atoms with Crippen molar-refractivity contribution >= 4 is 66.7 Å². The van der Waals surface area contributed by atoms with Gasteiger partial charge in [0.15, 0.2) is 5.71 Å². The highest BCUT2D eigenvalue weighted by atomic mass is 79.9. The minimum absolute atomic E-state index is 0.0756. The van der Waals surface area contributed by atoms with Crippen molar-refractivity contribution in [3.8, 4) is 0 Å². The molecule has 2 heterocycles. The Bertz CT molecular complexity index is 1000. The Morgan fingerprint density at radius 3 is 2.00 bits per heavy atom. The molecule has 0 saturated carbocycles. The molecule has 2 aliphatic rings. The second-order valence-electron chi connectivity index (χ2n) is 6.21. The number of hydrogen-bond donors (Lipinski definition) is 0. The number of methoxy groups -OCH3 is 1. The molecular weight excluding hydrogens is 494 g/mol. The maximum Gasteiger partial charge on any atom is 0.355 e. The molecule has 0 radical (unpaired) electrons. The molecule has 2 aromatic rings. The van der Waals surface area contributed by atoms with Gasteiger partial charge in [-0.25, -0.2) is 9.69 Å². The molecule has 1 fully saturated rings. The van der Waals surface area contributed by atoms with E-state index in [0.29, 0.717) is 11.4 Å². The monoisotopic (exact) mass is 505 g/mol. The lowest BCUT2D eigenvalue weighted by Gasteiger charge is -2.22. The predicted octanol–water partition coefficient (Wildman–Crippen LogP) is 3.12. The van der Waals surface area contributed by atoms with Gasteiger partial charge in [-0.1, -0.05) is 31.9 Å². The number of esters is 1. The number of ether oxygens (including phenoxy) is 1. The van der Waals surface area contributed by atoms with E-state index in [1.54, 1.807) is 48.5 Å². The van der Waals surface area contributed by atoms with E-state index in [4.69, 9.17) is 4.74 Å². The predicted molar refractivity (Wildman–Crippen MR) is 110 cm³/mol. The van der Waals surface area contributed by atoms with E-state index in [0.717, 1.165) is 13.8 Å². The van der Waals surface area contributed by atoms with Gasteiger partial charge in [-0.05, 0) is 48.5 Å². The first-order chi connectivity index (χ1) is 13.4. The van der Waals surface area contributed by atoms with Crippen LogP contribution in [0.1, 0.15) is 0 Å². The van der Waals surface area contributed by atoms with Gasteiger partial charge >= 0.3 is 5.97 Å². The molecule has 142 valence electrons. The van der Waals surface area contributed by atoms with Crippen LogP contribution in [0.3, 0.4) is 0 Å². The molecule has 0 aliphatic carbocycles. The molecular formula is C19H13Br2N3O4. The van der Waals surface area contributed by atoms with Gasteiger partial charge in [0.25, 0.3) is 5.91 Å². The maximum atomic E-state index is 13.2. The number of anilines is 2. The van der Waals surface area contributed by atoms with E-state index in [1.807, 2.05) is 0 Å². The van der Waals surface area contributed by atoms with Gasteiger partial charge in [-0.3, -0.25) is 14.6 Å². The Balaban J connectivity index is 1.79. The second kappa shape index (κ2) is 7.14. The topological polar surface area (TPSA) is 79.3 Å². The average molecular weight is 507 g/mol. The fraction of sp³-hybridized carbons (Fsp3) is 0.158. The molecule has 0 N–H and O–H groups in total. The summed E-state index contributed by atoms with van der Waals surface area (Å²) in [6.07, 6.45) is 0. The van der Waals surface area contributed by atoms with Crippen molar-refractivity contribution in [2.45, 2.75) is 6.04 Å². The summed E-state index contributed by atoms with van der Waals surface area (Å²) in [5.41, 5.74) is 0.955. The van der Waals surface area contributed by atoms with E-state index in [9.17, 15) is 14.4 Å². The first-order valence-electron chi connectivity index (χ1n) is 8.27. The summed E-state index contributed by atoms with van der Waals surface area (Å²) in [5.74, 6) is -2.69. The van der Waals surface area contributed by atoms with Crippen LogP contribution in [0.15, 0.2) is 62.6 Å². The van der Waals surface area contributed by atoms with Crippen LogP contribution in [-0.2, 0) is 19.1 Å². The Morgan fingerprint density at radius 1 is 0.929 bits per heavy atom. The number of carbonyl (C=O) groups is 3. The van der Waals surface area contributed by atoms with Crippen molar-refractivity contribution in [3.05, 3.63) is 57.5 Å². The third-order valence-corrected chi connectivity index (χ3v) is 5.68. The van der Waals surface area contributed by atoms with Gasteiger partial charge in [-0.2, -0.15) is 5.10 Å². The third kappa shape index (κ3) is 2.94. The number of fused-ring (bicyclic) bond motifs is 1. The van der Waals surface area contributed by atoms with Gasteiger partial charge in [-0.15, -0.1) is 0 Å². The van der Waals surface area contributed by atoms with Gasteiger partial charge in [0.05, 0.1) is 18.5 Å². The van der Waals surface area contributed by atoms with Gasteiger partial charge in [0, 0.05) is 8.95 Å². The largest absolute Gasteiger partial charge is 0.464 e. The molecule has 2 atom stereocenters. The molecule has 7 nitrogen and oxygen atoms in total. The molecule has 2 aromatic carbocycles. The van der Waals surface area contributed by atoms with Crippen LogP contribution in [0.25, 0.3) is 0 Å². The van der Waals surface area contributed by atoms with Crippen LogP contribution in [-0.4, -0.2) is 36.6 Å². The zero-order valence-corrected chi connectivity index (χ0v) is 17.7. The lowest BCUT2D eigenvalue weighted by molar-refractivity contribution is -0.133. The summed E-state index contributed by atoms with van der Waals surface area (Å²) in [6.45, 7) is 0. The Kier molecular flexibility index (Phi) is 4.80. The van der Waals surface area contributed by atoms with Crippen LogP contribution < -0.4 is 9.91 Å². The third-order valence-electron chi connectivity index (χ3n) is 4.62. The molecule has 4 rings (SSSR count). The van der Waals surface area contributed by atoms with Crippen molar-refractivity contribution in [1.29, 1.82) is 0 Å². The summed E-state index contributed by atoms with van der Waals surface area (Å²) in [6, 6.07) is 13.0. The highest BCUT2D eigenvalue weighted by Gasteiger charge is 2.59. The van der Waals surface area contributed by atoms with E-state index in [1.165, 1.54) is 12.1 Å². The zero-order chi connectivity index (χ0) is 20.0. The number of nitrogens with zero attached hydrogens (tertiary/aromatic N) is 3. The molecule has 9 heteroatoms. The number of amides is 2. The smallest absolute Gasteiger partial charge is 0.355 e. The lowest BCUT2D eigenvalue weighted by Crippen LogP contribution is -2.39. The fourth-order valence-electron chi connectivity index (χ4n) is 3.34. The van der Waals surface area contributed by atoms with E-state index in [-0.39, 0.29) is 5.71 Å². The summed E-state index contributed by atoms with van der Waals surface area (Å²) >= 11 is 6.70. The van der Waals surface area contributed by atoms with Gasteiger partial charge in [0.1, 0.15) is 12.0 Å². The van der Waals surface area contributed by atoms with Crippen LogP contribution >= 0.6 is 31.9 Å².